The summed E-state index contributed by atoms with van der Waals surface area (Å²) in [6, 6.07) is 18.6. The average molecular weight is 418 g/mol. The first-order valence-electron chi connectivity index (χ1n) is 10.4. The Morgan fingerprint density at radius 1 is 1.10 bits per heavy atom. The van der Waals surface area contributed by atoms with Gasteiger partial charge in [-0.2, -0.15) is 5.10 Å². The van der Waals surface area contributed by atoms with Crippen molar-refractivity contribution in [3.05, 3.63) is 82.5 Å². The Morgan fingerprint density at radius 3 is 2.73 bits per heavy atom. The fraction of sp³-hybridized carbons (Fsp3) is 0.280. The van der Waals surface area contributed by atoms with Gasteiger partial charge in [0.2, 0.25) is 4.80 Å². The lowest BCUT2D eigenvalue weighted by Gasteiger charge is -2.13. The van der Waals surface area contributed by atoms with Gasteiger partial charge in [0.15, 0.2) is 0 Å². The second-order valence-electron chi connectivity index (χ2n) is 7.34. The van der Waals surface area contributed by atoms with Crippen LogP contribution in [0.4, 0.5) is 0 Å². The molecule has 30 heavy (non-hydrogen) atoms. The summed E-state index contributed by atoms with van der Waals surface area (Å²) in [7, 11) is 1.71. The number of aromatic nitrogens is 1. The van der Waals surface area contributed by atoms with E-state index in [4.69, 9.17) is 14.8 Å². The van der Waals surface area contributed by atoms with Gasteiger partial charge in [0.25, 0.3) is 0 Å². The minimum Gasteiger partial charge on any atom is -0.496 e. The van der Waals surface area contributed by atoms with E-state index < -0.39 is 0 Å². The molecule has 1 aliphatic carbocycles. The number of rotatable bonds is 7. The molecule has 4 nitrogen and oxygen atoms in total. The zero-order valence-corrected chi connectivity index (χ0v) is 18.1. The number of allylic oxidation sites excluding steroid dienone is 2. The second-order valence-corrected chi connectivity index (χ2v) is 8.18. The Labute approximate surface area is 181 Å². The molecular weight excluding hydrogens is 390 g/mol. The quantitative estimate of drug-likeness (QED) is 0.366. The molecular formula is C25H27N3OS. The van der Waals surface area contributed by atoms with Gasteiger partial charge < -0.3 is 4.74 Å². The molecule has 0 fully saturated rings. The summed E-state index contributed by atoms with van der Waals surface area (Å²) < 4.78 is 7.58. The van der Waals surface area contributed by atoms with E-state index >= 15 is 0 Å². The number of ether oxygens (including phenoxy) is 1. The Balaban J connectivity index is 1.67. The Morgan fingerprint density at radius 2 is 1.93 bits per heavy atom. The van der Waals surface area contributed by atoms with Gasteiger partial charge in [-0.25, -0.2) is 4.68 Å². The molecule has 1 unspecified atom stereocenters. The Hall–Kier alpha value is -2.92. The largest absolute Gasteiger partial charge is 0.496 e. The minimum absolute atomic E-state index is 0.477. The molecule has 0 spiro atoms. The third kappa shape index (κ3) is 4.97. The van der Waals surface area contributed by atoms with E-state index in [2.05, 4.69) is 54.1 Å². The van der Waals surface area contributed by atoms with Crippen molar-refractivity contribution in [3.8, 4) is 17.0 Å². The maximum atomic E-state index is 5.60. The number of thiazole rings is 1. The highest BCUT2D eigenvalue weighted by molar-refractivity contribution is 7.07. The molecule has 0 N–H and O–H groups in total. The summed E-state index contributed by atoms with van der Waals surface area (Å²) >= 11 is 1.62. The lowest BCUT2D eigenvalue weighted by molar-refractivity contribution is 0.416. The van der Waals surface area contributed by atoms with Gasteiger partial charge in [-0.1, -0.05) is 54.6 Å². The van der Waals surface area contributed by atoms with Crippen LogP contribution < -0.4 is 9.54 Å². The van der Waals surface area contributed by atoms with Gasteiger partial charge in [0.1, 0.15) is 5.75 Å². The van der Waals surface area contributed by atoms with Crippen molar-refractivity contribution >= 4 is 17.6 Å². The summed E-state index contributed by atoms with van der Waals surface area (Å²) in [6.07, 6.45) is 10.8. The van der Waals surface area contributed by atoms with Crippen LogP contribution in [0.5, 0.6) is 5.75 Å². The highest BCUT2D eigenvalue weighted by atomic mass is 32.1. The van der Waals surface area contributed by atoms with Gasteiger partial charge in [-0.15, -0.1) is 11.3 Å². The predicted molar refractivity (Wildman–Crippen MR) is 125 cm³/mol. The zero-order chi connectivity index (χ0) is 20.6. The summed E-state index contributed by atoms with van der Waals surface area (Å²) in [4.78, 5) is 5.79. The van der Waals surface area contributed by atoms with Crippen LogP contribution >= 0.6 is 11.3 Å². The van der Waals surface area contributed by atoms with E-state index in [-0.39, 0.29) is 0 Å². The van der Waals surface area contributed by atoms with Crippen molar-refractivity contribution < 1.29 is 4.74 Å². The van der Waals surface area contributed by atoms with Crippen molar-refractivity contribution in [3.63, 3.8) is 0 Å². The maximum Gasteiger partial charge on any atom is 0.206 e. The van der Waals surface area contributed by atoms with E-state index in [1.165, 1.54) is 5.56 Å². The molecule has 1 aliphatic rings. The summed E-state index contributed by atoms with van der Waals surface area (Å²) in [5.74, 6) is 1.32. The third-order valence-electron chi connectivity index (χ3n) is 5.26. The molecule has 3 aromatic rings. The lowest BCUT2D eigenvalue weighted by atomic mass is 9.96. The molecule has 1 atom stereocenters. The van der Waals surface area contributed by atoms with Crippen molar-refractivity contribution in [2.24, 2.45) is 16.0 Å². The molecule has 0 saturated carbocycles. The molecule has 0 radical (unpaired) electrons. The number of hydrogen-bond acceptors (Lipinski definition) is 4. The Kier molecular flexibility index (Phi) is 6.93. The lowest BCUT2D eigenvalue weighted by Crippen LogP contribution is -2.15. The van der Waals surface area contributed by atoms with Gasteiger partial charge in [-0.05, 0) is 49.3 Å². The van der Waals surface area contributed by atoms with Crippen molar-refractivity contribution in [1.82, 2.24) is 4.68 Å². The van der Waals surface area contributed by atoms with Crippen LogP contribution in [-0.4, -0.2) is 24.5 Å². The number of methoxy groups -OCH3 is 1. The van der Waals surface area contributed by atoms with Crippen molar-refractivity contribution in [2.75, 3.05) is 13.7 Å². The predicted octanol–water partition coefficient (Wildman–Crippen LogP) is 5.56. The SMILES string of the molecule is COc1ccccc1-c1csc(=NCCc2ccccc2)n1N=CC1CC=CCC1. The average Bonchev–Trinajstić information content (AvgIpc) is 3.21. The third-order valence-corrected chi connectivity index (χ3v) is 6.12. The molecule has 2 aromatic carbocycles. The smallest absolute Gasteiger partial charge is 0.206 e. The van der Waals surface area contributed by atoms with E-state index in [1.807, 2.05) is 28.9 Å². The minimum atomic E-state index is 0.477. The van der Waals surface area contributed by atoms with Crippen LogP contribution in [-0.2, 0) is 6.42 Å². The highest BCUT2D eigenvalue weighted by Crippen LogP contribution is 2.30. The van der Waals surface area contributed by atoms with E-state index in [1.54, 1.807) is 18.4 Å². The number of benzene rings is 2. The maximum absolute atomic E-state index is 5.60. The number of nitrogens with zero attached hydrogens (tertiary/aromatic N) is 3. The first-order chi connectivity index (χ1) is 14.8. The van der Waals surface area contributed by atoms with Crippen LogP contribution in [0.25, 0.3) is 11.3 Å². The molecule has 5 heteroatoms. The summed E-state index contributed by atoms with van der Waals surface area (Å²) in [5, 5.41) is 7.01. The second kappa shape index (κ2) is 10.2. The van der Waals surface area contributed by atoms with Crippen molar-refractivity contribution in [1.29, 1.82) is 0 Å². The molecule has 1 heterocycles. The first-order valence-corrected chi connectivity index (χ1v) is 11.3. The fourth-order valence-corrected chi connectivity index (χ4v) is 4.45. The van der Waals surface area contributed by atoms with Crippen LogP contribution in [0.3, 0.4) is 0 Å². The normalized spacial score (nSPS) is 17.0. The molecule has 1 aromatic heterocycles. The summed E-state index contributed by atoms with van der Waals surface area (Å²) in [5.41, 5.74) is 3.34. The van der Waals surface area contributed by atoms with Gasteiger partial charge in [0, 0.05) is 23.7 Å². The molecule has 4 rings (SSSR count). The van der Waals surface area contributed by atoms with Gasteiger partial charge >= 0.3 is 0 Å². The topological polar surface area (TPSA) is 38.9 Å². The van der Waals surface area contributed by atoms with Crippen LogP contribution in [0, 0.1) is 5.92 Å². The Bertz CT molecular complexity index is 1080. The van der Waals surface area contributed by atoms with E-state index in [0.29, 0.717) is 5.92 Å². The molecule has 0 saturated heterocycles. The van der Waals surface area contributed by atoms with E-state index in [0.717, 1.165) is 54.0 Å². The van der Waals surface area contributed by atoms with Crippen LogP contribution in [0.1, 0.15) is 24.8 Å². The standard InChI is InChI=1S/C25H27N3OS/c1-29-24-15-9-8-14-22(24)23-19-30-25(26-17-16-20-10-4-2-5-11-20)28(23)27-18-21-12-6-3-7-13-21/h2-6,8-11,14-15,18-19,21H,7,12-13,16-17H2,1H3. The van der Waals surface area contributed by atoms with Crippen LogP contribution in [0.15, 0.2) is 82.2 Å². The molecule has 0 amide bonds. The molecule has 0 aliphatic heterocycles. The zero-order valence-electron chi connectivity index (χ0n) is 17.3. The van der Waals surface area contributed by atoms with Gasteiger partial charge in [0.05, 0.1) is 12.8 Å². The number of hydrogen-bond donors (Lipinski definition) is 0. The van der Waals surface area contributed by atoms with Gasteiger partial charge in [-0.3, -0.25) is 4.99 Å². The van der Waals surface area contributed by atoms with E-state index in [9.17, 15) is 0 Å². The molecule has 0 bridgehead atoms. The highest BCUT2D eigenvalue weighted by Gasteiger charge is 2.13. The van der Waals surface area contributed by atoms with Crippen LogP contribution in [0.2, 0.25) is 0 Å². The monoisotopic (exact) mass is 417 g/mol. The fourth-order valence-electron chi connectivity index (χ4n) is 3.60. The molecule has 154 valence electrons. The number of para-hydroxylation sites is 1. The summed E-state index contributed by atoms with van der Waals surface area (Å²) in [6.45, 7) is 0.734. The van der Waals surface area contributed by atoms with Crippen molar-refractivity contribution in [2.45, 2.75) is 25.7 Å². The first kappa shape index (κ1) is 20.4.